The van der Waals surface area contributed by atoms with Gasteiger partial charge in [0.1, 0.15) is 4.88 Å². The highest BCUT2D eigenvalue weighted by Gasteiger charge is 2.27. The minimum Gasteiger partial charge on any atom is -0.462 e. The van der Waals surface area contributed by atoms with Crippen molar-refractivity contribution in [2.45, 2.75) is 32.4 Å². The second kappa shape index (κ2) is 9.66. The van der Waals surface area contributed by atoms with Gasteiger partial charge in [0.2, 0.25) is 5.91 Å². The number of carbonyl (C=O) groups excluding carboxylic acids is 2. The highest BCUT2D eigenvalue weighted by molar-refractivity contribution is 7.28. The molecule has 144 valence electrons. The molecule has 2 aromatic rings. The smallest absolute Gasteiger partial charge is 0.348 e. The lowest BCUT2D eigenvalue weighted by Crippen LogP contribution is -2.46. The number of hydrogen-bond donors (Lipinski definition) is 2. The molecule has 0 radical (unpaired) electrons. The molecule has 6 nitrogen and oxygen atoms in total. The Kier molecular flexibility index (Phi) is 7.85. The molecule has 1 saturated heterocycles. The minimum atomic E-state index is -0.549. The summed E-state index contributed by atoms with van der Waals surface area (Å²) >= 11 is 2.97. The lowest BCUT2D eigenvalue weighted by molar-refractivity contribution is -0.124. The van der Waals surface area contributed by atoms with Crippen molar-refractivity contribution in [2.75, 3.05) is 19.8 Å². The molecule has 26 heavy (non-hydrogen) atoms. The van der Waals surface area contributed by atoms with Gasteiger partial charge in [0.05, 0.1) is 17.3 Å². The fourth-order valence-electron chi connectivity index (χ4n) is 2.98. The van der Waals surface area contributed by atoms with E-state index >= 15 is 0 Å². The van der Waals surface area contributed by atoms with Crippen LogP contribution >= 0.6 is 35.1 Å². The van der Waals surface area contributed by atoms with Gasteiger partial charge < -0.3 is 20.5 Å². The number of ether oxygens (including phenoxy) is 2. The number of nitrogens with two attached hydrogens (primary N) is 1. The maximum absolute atomic E-state index is 12.4. The maximum atomic E-state index is 12.4. The van der Waals surface area contributed by atoms with Gasteiger partial charge in [-0.05, 0) is 37.1 Å². The Bertz CT molecular complexity index is 755. The lowest BCUT2D eigenvalue weighted by atomic mass is 9.92. The second-order valence-electron chi connectivity index (χ2n) is 5.94. The summed E-state index contributed by atoms with van der Waals surface area (Å²) in [7, 11) is 0. The summed E-state index contributed by atoms with van der Waals surface area (Å²) in [6.45, 7) is 3.69. The first kappa shape index (κ1) is 21.1. The molecule has 0 bridgehead atoms. The minimum absolute atomic E-state index is 0. The molecule has 1 atom stereocenters. The summed E-state index contributed by atoms with van der Waals surface area (Å²) in [5.41, 5.74) is 6.94. The van der Waals surface area contributed by atoms with E-state index in [0.717, 1.165) is 27.8 Å². The normalized spacial score (nSPS) is 16.1. The predicted molar refractivity (Wildman–Crippen MR) is 106 cm³/mol. The Hall–Kier alpha value is -1.19. The number of carbonyl (C=O) groups is 2. The van der Waals surface area contributed by atoms with E-state index in [1.807, 2.05) is 11.4 Å². The number of halogens is 1. The van der Waals surface area contributed by atoms with Crippen LogP contribution in [0.1, 0.15) is 35.0 Å². The van der Waals surface area contributed by atoms with Gasteiger partial charge in [-0.3, -0.25) is 4.79 Å². The summed E-state index contributed by atoms with van der Waals surface area (Å²) in [5, 5.41) is 4.88. The van der Waals surface area contributed by atoms with E-state index in [-0.39, 0.29) is 36.7 Å². The van der Waals surface area contributed by atoms with Crippen LogP contribution in [-0.2, 0) is 20.8 Å². The van der Waals surface area contributed by atoms with E-state index in [2.05, 4.69) is 5.32 Å². The van der Waals surface area contributed by atoms with Crippen LogP contribution in [-0.4, -0.2) is 37.7 Å². The van der Waals surface area contributed by atoms with Crippen molar-refractivity contribution >= 4 is 56.4 Å². The maximum Gasteiger partial charge on any atom is 0.348 e. The summed E-state index contributed by atoms with van der Waals surface area (Å²) in [5.74, 6) is -0.381. The quantitative estimate of drug-likeness (QED) is 0.704. The van der Waals surface area contributed by atoms with E-state index in [0.29, 0.717) is 24.7 Å². The van der Waals surface area contributed by atoms with E-state index < -0.39 is 6.04 Å². The Morgan fingerprint density at radius 3 is 2.85 bits per heavy atom. The molecule has 2 aromatic heterocycles. The molecule has 3 N–H and O–H groups in total. The molecule has 1 amide bonds. The zero-order chi connectivity index (χ0) is 17.8. The highest BCUT2D eigenvalue weighted by atomic mass is 35.5. The number of rotatable bonds is 6. The number of amides is 1. The SMILES string of the molecule is CCOC(=O)c1sc2ccsc2c1CNC(=O)C(N)C1CCOCC1.Cl. The molecule has 9 heteroatoms. The van der Waals surface area contributed by atoms with Crippen LogP contribution in [0.5, 0.6) is 0 Å². The Morgan fingerprint density at radius 1 is 1.42 bits per heavy atom. The van der Waals surface area contributed by atoms with Gasteiger partial charge in [0, 0.05) is 30.0 Å². The topological polar surface area (TPSA) is 90.7 Å². The van der Waals surface area contributed by atoms with Crippen molar-refractivity contribution in [1.29, 1.82) is 0 Å². The average molecular weight is 419 g/mol. The van der Waals surface area contributed by atoms with Gasteiger partial charge in [0.25, 0.3) is 0 Å². The van der Waals surface area contributed by atoms with Crippen molar-refractivity contribution in [3.8, 4) is 0 Å². The third kappa shape index (κ3) is 4.55. The molecule has 0 spiro atoms. The Morgan fingerprint density at radius 2 is 2.15 bits per heavy atom. The van der Waals surface area contributed by atoms with Crippen molar-refractivity contribution in [1.82, 2.24) is 5.32 Å². The van der Waals surface area contributed by atoms with Gasteiger partial charge in [0.15, 0.2) is 0 Å². The first-order chi connectivity index (χ1) is 12.1. The molecule has 1 aliphatic rings. The van der Waals surface area contributed by atoms with Crippen LogP contribution in [0.3, 0.4) is 0 Å². The highest BCUT2D eigenvalue weighted by Crippen LogP contribution is 2.35. The van der Waals surface area contributed by atoms with Crippen LogP contribution in [0.2, 0.25) is 0 Å². The summed E-state index contributed by atoms with van der Waals surface area (Å²) in [4.78, 5) is 25.2. The largest absolute Gasteiger partial charge is 0.462 e. The third-order valence-corrected chi connectivity index (χ3v) is 6.65. The van der Waals surface area contributed by atoms with Crippen molar-refractivity contribution < 1.29 is 19.1 Å². The molecule has 0 saturated carbocycles. The van der Waals surface area contributed by atoms with Crippen molar-refractivity contribution in [2.24, 2.45) is 11.7 Å². The Balaban J connectivity index is 0.00000243. The standard InChI is InChI=1S/C17H22N2O4S2.ClH/c1-2-23-17(21)15-11(14-12(25-15)5-8-24-14)9-19-16(20)13(18)10-3-6-22-7-4-10;/h5,8,10,13H,2-4,6-7,9,18H2,1H3,(H,19,20);1H. The average Bonchev–Trinajstić information content (AvgIpc) is 3.21. The van der Waals surface area contributed by atoms with Gasteiger partial charge in [-0.25, -0.2) is 4.79 Å². The van der Waals surface area contributed by atoms with E-state index in [1.165, 1.54) is 11.3 Å². The van der Waals surface area contributed by atoms with Crippen molar-refractivity contribution in [3.63, 3.8) is 0 Å². The van der Waals surface area contributed by atoms with Crippen LogP contribution in [0.25, 0.3) is 9.40 Å². The fourth-order valence-corrected chi connectivity index (χ4v) is 5.25. The Labute approximate surface area is 166 Å². The van der Waals surface area contributed by atoms with Gasteiger partial charge >= 0.3 is 5.97 Å². The third-order valence-electron chi connectivity index (χ3n) is 4.37. The zero-order valence-corrected chi connectivity index (χ0v) is 16.9. The van der Waals surface area contributed by atoms with Crippen LogP contribution in [0.4, 0.5) is 0 Å². The first-order valence-corrected chi connectivity index (χ1v) is 10.1. The summed E-state index contributed by atoms with van der Waals surface area (Å²) in [6.07, 6.45) is 1.60. The fraction of sp³-hybridized carbons (Fsp3) is 0.529. The molecule has 3 rings (SSSR count). The van der Waals surface area contributed by atoms with Crippen LogP contribution in [0, 0.1) is 5.92 Å². The molecular weight excluding hydrogens is 396 g/mol. The van der Waals surface area contributed by atoms with Crippen LogP contribution < -0.4 is 11.1 Å². The van der Waals surface area contributed by atoms with Crippen molar-refractivity contribution in [3.05, 3.63) is 21.9 Å². The van der Waals surface area contributed by atoms with E-state index in [9.17, 15) is 9.59 Å². The molecule has 3 heterocycles. The summed E-state index contributed by atoms with van der Waals surface area (Å²) in [6, 6.07) is 1.43. The van der Waals surface area contributed by atoms with Gasteiger partial charge in [-0.2, -0.15) is 0 Å². The summed E-state index contributed by atoms with van der Waals surface area (Å²) < 4.78 is 12.5. The number of fused-ring (bicyclic) bond motifs is 1. The molecule has 1 unspecified atom stereocenters. The zero-order valence-electron chi connectivity index (χ0n) is 14.5. The number of thiophene rings is 2. The van der Waals surface area contributed by atoms with Crippen LogP contribution in [0.15, 0.2) is 11.4 Å². The molecule has 1 fully saturated rings. The molecule has 1 aliphatic heterocycles. The first-order valence-electron chi connectivity index (χ1n) is 8.38. The predicted octanol–water partition coefficient (Wildman–Crippen LogP) is 2.93. The van der Waals surface area contributed by atoms with E-state index in [1.54, 1.807) is 18.3 Å². The number of hydrogen-bond acceptors (Lipinski definition) is 7. The molecular formula is C17H23ClN2O4S2. The van der Waals surface area contributed by atoms with Gasteiger partial charge in [-0.15, -0.1) is 35.1 Å². The second-order valence-corrected chi connectivity index (χ2v) is 7.91. The lowest BCUT2D eigenvalue weighted by Gasteiger charge is -2.26. The van der Waals surface area contributed by atoms with E-state index in [4.69, 9.17) is 15.2 Å². The molecule has 0 aliphatic carbocycles. The monoisotopic (exact) mass is 418 g/mol. The molecule has 0 aromatic carbocycles. The number of esters is 1. The number of nitrogens with one attached hydrogen (secondary N) is 1. The van der Waals surface area contributed by atoms with Gasteiger partial charge in [-0.1, -0.05) is 0 Å².